The molecule has 0 unspecified atom stereocenters. The van der Waals surface area contributed by atoms with Gasteiger partial charge in [-0.1, -0.05) is 73.8 Å². The van der Waals surface area contributed by atoms with Crippen LogP contribution in [0.15, 0.2) is 85.0 Å². The molecule has 4 nitrogen and oxygen atoms in total. The molecule has 32 heavy (non-hydrogen) atoms. The molecule has 0 fully saturated rings. The number of benzene rings is 2. The van der Waals surface area contributed by atoms with Gasteiger partial charge < -0.3 is 9.47 Å². The van der Waals surface area contributed by atoms with Crippen molar-refractivity contribution < 1.29 is 19.1 Å². The highest BCUT2D eigenvalue weighted by atomic mass is 32.2. The van der Waals surface area contributed by atoms with Crippen molar-refractivity contribution in [3.63, 3.8) is 0 Å². The van der Waals surface area contributed by atoms with Gasteiger partial charge in [-0.2, -0.15) is 23.5 Å². The Labute approximate surface area is 199 Å². The highest BCUT2D eigenvalue weighted by Gasteiger charge is 2.10. The van der Waals surface area contributed by atoms with Crippen LogP contribution in [-0.4, -0.2) is 36.7 Å². The molecule has 0 amide bonds. The van der Waals surface area contributed by atoms with Gasteiger partial charge in [-0.25, -0.2) is 9.59 Å². The Bertz CT molecular complexity index is 792. The van der Waals surface area contributed by atoms with Crippen molar-refractivity contribution in [3.05, 3.63) is 96.1 Å². The van der Waals surface area contributed by atoms with Crippen LogP contribution in [0.2, 0.25) is 0 Å². The maximum atomic E-state index is 12.0. The van der Waals surface area contributed by atoms with E-state index in [9.17, 15) is 9.59 Å². The molecule has 0 saturated heterocycles. The van der Waals surface area contributed by atoms with Gasteiger partial charge in [0.25, 0.3) is 0 Å². The molecule has 2 aromatic rings. The van der Waals surface area contributed by atoms with Crippen molar-refractivity contribution in [2.45, 2.75) is 24.3 Å². The maximum Gasteiger partial charge on any atom is 0.334 e. The van der Waals surface area contributed by atoms with Gasteiger partial charge in [-0.05, 0) is 24.0 Å². The van der Waals surface area contributed by atoms with E-state index < -0.39 is 0 Å². The van der Waals surface area contributed by atoms with Crippen LogP contribution in [0.5, 0.6) is 0 Å². The summed E-state index contributed by atoms with van der Waals surface area (Å²) >= 11 is 3.26. The minimum atomic E-state index is -0.369. The van der Waals surface area contributed by atoms with Crippen molar-refractivity contribution in [1.82, 2.24) is 0 Å². The van der Waals surface area contributed by atoms with Crippen LogP contribution in [0.1, 0.15) is 24.0 Å². The van der Waals surface area contributed by atoms with E-state index in [1.807, 2.05) is 36.4 Å². The van der Waals surface area contributed by atoms with E-state index in [4.69, 9.17) is 9.47 Å². The summed E-state index contributed by atoms with van der Waals surface area (Å²) in [6.45, 7) is 8.19. The van der Waals surface area contributed by atoms with Crippen molar-refractivity contribution in [2.24, 2.45) is 0 Å². The molecule has 0 spiro atoms. The summed E-state index contributed by atoms with van der Waals surface area (Å²) in [6.07, 6.45) is 1.25. The van der Waals surface area contributed by atoms with E-state index in [-0.39, 0.29) is 25.2 Å². The fourth-order valence-corrected chi connectivity index (χ4v) is 4.38. The summed E-state index contributed by atoms with van der Waals surface area (Å²) in [7, 11) is 0. The van der Waals surface area contributed by atoms with Gasteiger partial charge in [0.15, 0.2) is 0 Å². The second kappa shape index (κ2) is 15.4. The average Bonchev–Trinajstić information content (AvgIpc) is 2.82. The zero-order valence-corrected chi connectivity index (χ0v) is 19.9. The summed E-state index contributed by atoms with van der Waals surface area (Å²) < 4.78 is 10.5. The van der Waals surface area contributed by atoms with E-state index in [2.05, 4.69) is 37.4 Å². The summed E-state index contributed by atoms with van der Waals surface area (Å²) in [5, 5.41) is 0. The van der Waals surface area contributed by atoms with Crippen LogP contribution in [0.4, 0.5) is 0 Å². The van der Waals surface area contributed by atoms with Gasteiger partial charge >= 0.3 is 11.9 Å². The van der Waals surface area contributed by atoms with Gasteiger partial charge in [0.2, 0.25) is 0 Å². The minimum Gasteiger partial charge on any atom is -0.462 e. The molecular weight excluding hydrogens is 440 g/mol. The van der Waals surface area contributed by atoms with Gasteiger partial charge in [0.1, 0.15) is 0 Å². The summed E-state index contributed by atoms with van der Waals surface area (Å²) in [6, 6.07) is 20.2. The van der Waals surface area contributed by atoms with E-state index in [1.165, 1.54) is 11.1 Å². The first kappa shape index (κ1) is 25.8. The molecule has 0 radical (unpaired) electrons. The monoisotopic (exact) mass is 470 g/mol. The molecule has 2 rings (SSSR count). The van der Waals surface area contributed by atoms with E-state index in [0.717, 1.165) is 11.5 Å². The zero-order chi connectivity index (χ0) is 23.0. The van der Waals surface area contributed by atoms with Crippen molar-refractivity contribution >= 4 is 35.5 Å². The number of esters is 2. The zero-order valence-electron chi connectivity index (χ0n) is 18.3. The first-order valence-corrected chi connectivity index (χ1v) is 12.8. The predicted molar refractivity (Wildman–Crippen MR) is 135 cm³/mol. The molecule has 170 valence electrons. The van der Waals surface area contributed by atoms with E-state index >= 15 is 0 Å². The number of carbonyl (C=O) groups is 2. The first-order valence-electron chi connectivity index (χ1n) is 10.5. The molecule has 0 aliphatic carbocycles. The summed E-state index contributed by atoms with van der Waals surface area (Å²) in [5.41, 5.74) is 3.35. The highest BCUT2D eigenvalue weighted by molar-refractivity contribution is 7.98. The first-order chi connectivity index (χ1) is 15.6. The topological polar surface area (TPSA) is 52.6 Å². The molecule has 0 atom stereocenters. The van der Waals surface area contributed by atoms with Crippen molar-refractivity contribution in [3.8, 4) is 0 Å². The standard InChI is InChI=1S/C26H30O4S2/c1-21(17-31-19-23-11-5-3-6-12-23)25(27)29-15-9-10-16-30-26(28)22(2)18-32-20-24-13-7-4-8-14-24/h3-8,11-14H,1-2,9-10,15-20H2. The molecule has 6 heteroatoms. The Hall–Kier alpha value is -2.44. The minimum absolute atomic E-state index is 0.284. The van der Waals surface area contributed by atoms with Crippen molar-refractivity contribution in [2.75, 3.05) is 24.7 Å². The Morgan fingerprint density at radius 3 is 1.41 bits per heavy atom. The van der Waals surface area contributed by atoms with Crippen LogP contribution in [0, 0.1) is 0 Å². The quantitative estimate of drug-likeness (QED) is 0.185. The number of ether oxygens (including phenoxy) is 2. The lowest BCUT2D eigenvalue weighted by Crippen LogP contribution is -2.12. The number of hydrogen-bond donors (Lipinski definition) is 0. The van der Waals surface area contributed by atoms with Crippen LogP contribution in [0.3, 0.4) is 0 Å². The third-order valence-electron chi connectivity index (χ3n) is 4.36. The van der Waals surface area contributed by atoms with Crippen LogP contribution in [0.25, 0.3) is 0 Å². The fourth-order valence-electron chi connectivity index (χ4n) is 2.59. The van der Waals surface area contributed by atoms with Gasteiger partial charge in [0, 0.05) is 34.2 Å². The van der Waals surface area contributed by atoms with E-state index in [0.29, 0.717) is 35.5 Å². The number of unbranched alkanes of at least 4 members (excludes halogenated alkanes) is 1. The predicted octanol–water partition coefficient (Wildman–Crippen LogP) is 5.83. The number of rotatable bonds is 15. The van der Waals surface area contributed by atoms with Gasteiger partial charge in [0.05, 0.1) is 13.2 Å². The van der Waals surface area contributed by atoms with Crippen molar-refractivity contribution in [1.29, 1.82) is 0 Å². The number of thioether (sulfide) groups is 2. The van der Waals surface area contributed by atoms with Crippen LogP contribution in [-0.2, 0) is 30.6 Å². The third-order valence-corrected chi connectivity index (χ3v) is 6.54. The molecule has 0 aliphatic rings. The molecule has 0 bridgehead atoms. The molecular formula is C26H30O4S2. The Morgan fingerprint density at radius 2 is 1.03 bits per heavy atom. The lowest BCUT2D eigenvalue weighted by molar-refractivity contribution is -0.141. The molecule has 0 aliphatic heterocycles. The molecule has 0 N–H and O–H groups in total. The third kappa shape index (κ3) is 10.7. The second-order valence-corrected chi connectivity index (χ2v) is 9.11. The molecule has 2 aromatic carbocycles. The van der Waals surface area contributed by atoms with E-state index in [1.54, 1.807) is 23.5 Å². The SMILES string of the molecule is C=C(CSCc1ccccc1)C(=O)OCCCCOC(=O)C(=C)CSCc1ccccc1. The lowest BCUT2D eigenvalue weighted by Gasteiger charge is -2.09. The Balaban J connectivity index is 1.47. The van der Waals surface area contributed by atoms with Gasteiger partial charge in [-0.15, -0.1) is 0 Å². The summed E-state index contributed by atoms with van der Waals surface area (Å²) in [4.78, 5) is 24.0. The molecule has 0 heterocycles. The summed E-state index contributed by atoms with van der Waals surface area (Å²) in [5.74, 6) is 1.99. The fraction of sp³-hybridized carbons (Fsp3) is 0.308. The van der Waals surface area contributed by atoms with Gasteiger partial charge in [-0.3, -0.25) is 0 Å². The average molecular weight is 471 g/mol. The number of hydrogen-bond acceptors (Lipinski definition) is 6. The largest absolute Gasteiger partial charge is 0.462 e. The molecule has 0 saturated carbocycles. The smallest absolute Gasteiger partial charge is 0.334 e. The maximum absolute atomic E-state index is 12.0. The second-order valence-electron chi connectivity index (χ2n) is 7.14. The number of carbonyl (C=O) groups excluding carboxylic acids is 2. The Morgan fingerprint density at radius 1 is 0.656 bits per heavy atom. The van der Waals surface area contributed by atoms with Crippen LogP contribution >= 0.6 is 23.5 Å². The highest BCUT2D eigenvalue weighted by Crippen LogP contribution is 2.16. The molecule has 0 aromatic heterocycles. The van der Waals surface area contributed by atoms with Crippen LogP contribution < -0.4 is 0 Å². The Kier molecular flexibility index (Phi) is 12.4. The lowest BCUT2D eigenvalue weighted by atomic mass is 10.2. The normalized spacial score (nSPS) is 10.4.